The predicted molar refractivity (Wildman–Crippen MR) is 67.2 cm³/mol. The van der Waals surface area contributed by atoms with Crippen molar-refractivity contribution in [3.63, 3.8) is 0 Å². The van der Waals surface area contributed by atoms with Crippen LogP contribution in [0.15, 0.2) is 0 Å². The SMILES string of the molecule is CC(CN(C)C(=O)C1CCCCO1)C(N)=S. The number of thiocarbonyl (C=S) groups is 1. The lowest BCUT2D eigenvalue weighted by atomic mass is 10.1. The molecule has 0 spiro atoms. The van der Waals surface area contributed by atoms with Gasteiger partial charge in [0.15, 0.2) is 0 Å². The van der Waals surface area contributed by atoms with Crippen LogP contribution in [0.4, 0.5) is 0 Å². The topological polar surface area (TPSA) is 55.6 Å². The summed E-state index contributed by atoms with van der Waals surface area (Å²) in [7, 11) is 1.77. The number of nitrogens with zero attached hydrogens (tertiary/aromatic N) is 1. The molecule has 1 heterocycles. The molecule has 1 saturated heterocycles. The van der Waals surface area contributed by atoms with Crippen LogP contribution in [-0.2, 0) is 9.53 Å². The molecule has 1 rings (SSSR count). The minimum Gasteiger partial charge on any atom is -0.393 e. The van der Waals surface area contributed by atoms with Gasteiger partial charge in [-0.05, 0) is 19.3 Å². The minimum absolute atomic E-state index is 0.0443. The van der Waals surface area contributed by atoms with Gasteiger partial charge in [-0.25, -0.2) is 0 Å². The molecule has 0 bridgehead atoms. The van der Waals surface area contributed by atoms with Crippen LogP contribution in [0.2, 0.25) is 0 Å². The maximum atomic E-state index is 12.0. The zero-order valence-corrected chi connectivity index (χ0v) is 10.8. The standard InChI is InChI=1S/C11H20N2O2S/c1-8(10(12)16)7-13(2)11(14)9-5-3-4-6-15-9/h8-9H,3-7H2,1-2H3,(H2,12,16). The molecule has 92 valence electrons. The maximum absolute atomic E-state index is 12.0. The van der Waals surface area contributed by atoms with Crippen molar-refractivity contribution >= 4 is 23.1 Å². The molecule has 16 heavy (non-hydrogen) atoms. The zero-order chi connectivity index (χ0) is 12.1. The summed E-state index contributed by atoms with van der Waals surface area (Å²) in [5.41, 5.74) is 5.53. The first-order valence-corrected chi connectivity index (χ1v) is 6.09. The summed E-state index contributed by atoms with van der Waals surface area (Å²) in [4.78, 5) is 14.1. The predicted octanol–water partition coefficient (Wildman–Crippen LogP) is 0.936. The summed E-state index contributed by atoms with van der Waals surface area (Å²) in [5.74, 6) is 0.0929. The van der Waals surface area contributed by atoms with Gasteiger partial charge in [-0.1, -0.05) is 19.1 Å². The Morgan fingerprint density at radius 2 is 2.31 bits per heavy atom. The highest BCUT2D eigenvalue weighted by atomic mass is 32.1. The third-order valence-corrected chi connectivity index (χ3v) is 3.27. The van der Waals surface area contributed by atoms with Crippen LogP contribution in [0.3, 0.4) is 0 Å². The number of hydrogen-bond donors (Lipinski definition) is 1. The highest BCUT2D eigenvalue weighted by Gasteiger charge is 2.25. The van der Waals surface area contributed by atoms with Gasteiger partial charge in [0.05, 0.1) is 4.99 Å². The van der Waals surface area contributed by atoms with E-state index >= 15 is 0 Å². The summed E-state index contributed by atoms with van der Waals surface area (Å²) >= 11 is 4.89. The van der Waals surface area contributed by atoms with Gasteiger partial charge >= 0.3 is 0 Å². The van der Waals surface area contributed by atoms with Gasteiger partial charge in [-0.15, -0.1) is 0 Å². The molecule has 2 atom stereocenters. The van der Waals surface area contributed by atoms with E-state index in [2.05, 4.69) is 0 Å². The number of ether oxygens (including phenoxy) is 1. The monoisotopic (exact) mass is 244 g/mol. The Bertz CT molecular complexity index is 265. The number of carbonyl (C=O) groups is 1. The summed E-state index contributed by atoms with van der Waals surface area (Å²) in [5, 5.41) is 0. The first kappa shape index (κ1) is 13.4. The van der Waals surface area contributed by atoms with Gasteiger partial charge in [-0.2, -0.15) is 0 Å². The number of hydrogen-bond acceptors (Lipinski definition) is 3. The Labute approximate surface area is 102 Å². The highest BCUT2D eigenvalue weighted by molar-refractivity contribution is 7.80. The Morgan fingerprint density at radius 1 is 1.62 bits per heavy atom. The van der Waals surface area contributed by atoms with Crippen LogP contribution in [0.1, 0.15) is 26.2 Å². The Balaban J connectivity index is 2.43. The van der Waals surface area contributed by atoms with Crippen molar-refractivity contribution in [3.8, 4) is 0 Å². The van der Waals surface area contributed by atoms with Crippen molar-refractivity contribution in [3.05, 3.63) is 0 Å². The van der Waals surface area contributed by atoms with Gasteiger partial charge < -0.3 is 15.4 Å². The van der Waals surface area contributed by atoms with Crippen LogP contribution >= 0.6 is 12.2 Å². The molecular formula is C11H20N2O2S. The molecule has 0 aliphatic carbocycles. The molecule has 4 nitrogen and oxygen atoms in total. The number of nitrogens with two attached hydrogens (primary N) is 1. The minimum atomic E-state index is -0.266. The molecule has 2 N–H and O–H groups in total. The van der Waals surface area contributed by atoms with Crippen molar-refractivity contribution < 1.29 is 9.53 Å². The van der Waals surface area contributed by atoms with E-state index < -0.39 is 0 Å². The smallest absolute Gasteiger partial charge is 0.251 e. The molecule has 5 heteroatoms. The van der Waals surface area contributed by atoms with Crippen LogP contribution in [-0.4, -0.2) is 42.1 Å². The van der Waals surface area contributed by atoms with Gasteiger partial charge in [0.2, 0.25) is 0 Å². The van der Waals surface area contributed by atoms with E-state index in [1.165, 1.54) is 0 Å². The lowest BCUT2D eigenvalue weighted by Crippen LogP contribution is -2.43. The number of likely N-dealkylation sites (N-methyl/N-ethyl adjacent to an activating group) is 1. The van der Waals surface area contributed by atoms with E-state index in [-0.39, 0.29) is 17.9 Å². The van der Waals surface area contributed by atoms with Crippen LogP contribution in [0.25, 0.3) is 0 Å². The number of carbonyl (C=O) groups excluding carboxylic acids is 1. The Kier molecular flexibility index (Phi) is 5.15. The van der Waals surface area contributed by atoms with Crippen molar-refractivity contribution in [1.29, 1.82) is 0 Å². The lowest BCUT2D eigenvalue weighted by molar-refractivity contribution is -0.145. The molecule has 0 radical (unpaired) electrons. The molecule has 1 aliphatic heterocycles. The lowest BCUT2D eigenvalue weighted by Gasteiger charge is -2.28. The first-order valence-electron chi connectivity index (χ1n) is 5.68. The average Bonchev–Trinajstić information content (AvgIpc) is 2.28. The second-order valence-electron chi connectivity index (χ2n) is 4.38. The summed E-state index contributed by atoms with van der Waals surface area (Å²) in [6.45, 7) is 3.18. The first-order chi connectivity index (χ1) is 7.52. The molecule has 2 unspecified atom stereocenters. The number of rotatable bonds is 4. The normalized spacial score (nSPS) is 22.5. The third kappa shape index (κ3) is 3.72. The summed E-state index contributed by atoms with van der Waals surface area (Å²) in [6.07, 6.45) is 2.67. The molecule has 1 fully saturated rings. The third-order valence-electron chi connectivity index (χ3n) is 2.86. The molecule has 0 aromatic carbocycles. The van der Waals surface area contributed by atoms with E-state index in [4.69, 9.17) is 22.7 Å². The Hall–Kier alpha value is -0.680. The quantitative estimate of drug-likeness (QED) is 0.748. The molecule has 0 aromatic heterocycles. The second kappa shape index (κ2) is 6.15. The number of amides is 1. The van der Waals surface area contributed by atoms with E-state index in [0.717, 1.165) is 19.3 Å². The van der Waals surface area contributed by atoms with Crippen LogP contribution in [0, 0.1) is 5.92 Å². The van der Waals surface area contributed by atoms with Crippen molar-refractivity contribution in [1.82, 2.24) is 4.90 Å². The van der Waals surface area contributed by atoms with Crippen LogP contribution in [0.5, 0.6) is 0 Å². The molecule has 1 aliphatic rings. The summed E-state index contributed by atoms with van der Waals surface area (Å²) < 4.78 is 5.45. The molecular weight excluding hydrogens is 224 g/mol. The van der Waals surface area contributed by atoms with Gasteiger partial charge in [0, 0.05) is 26.1 Å². The largest absolute Gasteiger partial charge is 0.393 e. The Morgan fingerprint density at radius 3 is 2.81 bits per heavy atom. The van der Waals surface area contributed by atoms with Crippen molar-refractivity contribution in [2.45, 2.75) is 32.3 Å². The molecule has 0 saturated carbocycles. The van der Waals surface area contributed by atoms with Crippen LogP contribution < -0.4 is 5.73 Å². The zero-order valence-electron chi connectivity index (χ0n) is 9.94. The molecule has 1 amide bonds. The van der Waals surface area contributed by atoms with E-state index in [0.29, 0.717) is 18.1 Å². The fraction of sp³-hybridized carbons (Fsp3) is 0.818. The fourth-order valence-electron chi connectivity index (χ4n) is 1.77. The van der Waals surface area contributed by atoms with Gasteiger partial charge in [0.1, 0.15) is 6.10 Å². The van der Waals surface area contributed by atoms with E-state index in [1.54, 1.807) is 11.9 Å². The fourth-order valence-corrected chi connectivity index (χ4v) is 1.85. The van der Waals surface area contributed by atoms with E-state index in [1.807, 2.05) is 6.92 Å². The second-order valence-corrected chi connectivity index (χ2v) is 4.85. The van der Waals surface area contributed by atoms with Crippen molar-refractivity contribution in [2.75, 3.05) is 20.2 Å². The average molecular weight is 244 g/mol. The van der Waals surface area contributed by atoms with Gasteiger partial charge in [0.25, 0.3) is 5.91 Å². The van der Waals surface area contributed by atoms with E-state index in [9.17, 15) is 4.79 Å². The van der Waals surface area contributed by atoms with Crippen molar-refractivity contribution in [2.24, 2.45) is 11.7 Å². The maximum Gasteiger partial charge on any atom is 0.251 e. The summed E-state index contributed by atoms with van der Waals surface area (Å²) in [6, 6.07) is 0. The highest BCUT2D eigenvalue weighted by Crippen LogP contribution is 2.15. The molecule has 0 aromatic rings. The van der Waals surface area contributed by atoms with Gasteiger partial charge in [-0.3, -0.25) is 4.79 Å².